The largest absolute Gasteiger partial charge is 0.352 e. The fraction of sp³-hybridized carbons (Fsp3) is 0.182. The molecule has 1 aliphatic heterocycles. The Hall–Kier alpha value is -2.37. The van der Waals surface area contributed by atoms with Gasteiger partial charge in [-0.05, 0) is 12.5 Å². The van der Waals surface area contributed by atoms with Crippen molar-refractivity contribution in [1.82, 2.24) is 10.7 Å². The lowest BCUT2D eigenvalue weighted by molar-refractivity contribution is -0.124. The predicted molar refractivity (Wildman–Crippen MR) is 62.1 cm³/mol. The van der Waals surface area contributed by atoms with Crippen LogP contribution in [0.5, 0.6) is 0 Å². The summed E-state index contributed by atoms with van der Waals surface area (Å²) >= 11 is 0. The van der Waals surface area contributed by atoms with Crippen LogP contribution in [0.15, 0.2) is 35.4 Å². The minimum Gasteiger partial charge on any atom is -0.352 e. The first-order chi connectivity index (χ1) is 8.07. The Kier molecular flexibility index (Phi) is 2.55. The van der Waals surface area contributed by atoms with Crippen molar-refractivity contribution in [3.63, 3.8) is 0 Å². The molecular formula is C11H12N4O2. The highest BCUT2D eigenvalue weighted by atomic mass is 16.2. The smallest absolute Gasteiger partial charge is 0.313 e. The monoisotopic (exact) mass is 232 g/mol. The lowest BCUT2D eigenvalue weighted by Crippen LogP contribution is -2.57. The predicted octanol–water partition coefficient (Wildman–Crippen LogP) is 0.0559. The van der Waals surface area contributed by atoms with Crippen molar-refractivity contribution in [3.8, 4) is 0 Å². The highest BCUT2D eigenvalue weighted by Crippen LogP contribution is 2.26. The van der Waals surface area contributed by atoms with Crippen LogP contribution in [0.25, 0.3) is 0 Å². The molecule has 6 heteroatoms. The lowest BCUT2D eigenvalue weighted by atomic mass is 9.85. The molecule has 1 aromatic rings. The topological polar surface area (TPSA) is 96.6 Å². The summed E-state index contributed by atoms with van der Waals surface area (Å²) in [4.78, 5) is 23.0. The van der Waals surface area contributed by atoms with Crippen LogP contribution in [-0.2, 0) is 10.3 Å². The minimum absolute atomic E-state index is 0.417. The molecule has 1 aromatic carbocycles. The van der Waals surface area contributed by atoms with E-state index < -0.39 is 17.5 Å². The first-order valence-electron chi connectivity index (χ1n) is 5.05. The van der Waals surface area contributed by atoms with Gasteiger partial charge in [-0.2, -0.15) is 5.10 Å². The van der Waals surface area contributed by atoms with Gasteiger partial charge in [-0.15, -0.1) is 0 Å². The Morgan fingerprint density at radius 2 is 2.06 bits per heavy atom. The first-order valence-corrected chi connectivity index (χ1v) is 5.05. The van der Waals surface area contributed by atoms with E-state index in [-0.39, 0.29) is 0 Å². The zero-order valence-corrected chi connectivity index (χ0v) is 9.23. The van der Waals surface area contributed by atoms with Gasteiger partial charge in [-0.1, -0.05) is 30.3 Å². The number of nitrogens with two attached hydrogens (primary N) is 1. The highest BCUT2D eigenvalue weighted by molar-refractivity contribution is 6.17. The molecule has 0 spiro atoms. The molecule has 6 nitrogen and oxygen atoms in total. The van der Waals surface area contributed by atoms with Crippen LogP contribution in [0.1, 0.15) is 12.5 Å². The number of benzene rings is 1. The van der Waals surface area contributed by atoms with E-state index in [4.69, 9.17) is 5.73 Å². The van der Waals surface area contributed by atoms with Gasteiger partial charge in [-0.25, -0.2) is 10.2 Å². The molecular weight excluding hydrogens is 220 g/mol. The molecule has 0 bridgehead atoms. The molecule has 1 atom stereocenters. The molecule has 2 rings (SSSR count). The van der Waals surface area contributed by atoms with E-state index in [1.165, 1.54) is 0 Å². The lowest BCUT2D eigenvalue weighted by Gasteiger charge is -2.27. The van der Waals surface area contributed by atoms with Crippen LogP contribution in [-0.4, -0.2) is 17.6 Å². The van der Waals surface area contributed by atoms with Crippen LogP contribution in [0, 0.1) is 0 Å². The van der Waals surface area contributed by atoms with Gasteiger partial charge < -0.3 is 11.1 Å². The Morgan fingerprint density at radius 1 is 1.41 bits per heavy atom. The van der Waals surface area contributed by atoms with Crippen LogP contribution >= 0.6 is 0 Å². The summed E-state index contributed by atoms with van der Waals surface area (Å²) in [5.41, 5.74) is 7.25. The second-order valence-electron chi connectivity index (χ2n) is 3.74. The first kappa shape index (κ1) is 11.1. The fourth-order valence-corrected chi connectivity index (χ4v) is 1.90. The third-order valence-corrected chi connectivity index (χ3v) is 2.73. The number of carbonyl (C=O) groups is 2. The number of nitrogens with one attached hydrogen (secondary N) is 2. The number of primary amides is 1. The highest BCUT2D eigenvalue weighted by Gasteiger charge is 2.48. The van der Waals surface area contributed by atoms with Crippen LogP contribution < -0.4 is 16.5 Å². The molecule has 88 valence electrons. The van der Waals surface area contributed by atoms with Crippen molar-refractivity contribution in [2.75, 3.05) is 0 Å². The third-order valence-electron chi connectivity index (χ3n) is 2.73. The number of carbonyl (C=O) groups excluding carboxylic acids is 2. The van der Waals surface area contributed by atoms with E-state index in [1.807, 2.05) is 6.07 Å². The van der Waals surface area contributed by atoms with E-state index in [9.17, 15) is 9.59 Å². The van der Waals surface area contributed by atoms with Crippen molar-refractivity contribution >= 4 is 17.6 Å². The minimum atomic E-state index is -1.30. The van der Waals surface area contributed by atoms with E-state index in [2.05, 4.69) is 15.8 Å². The zero-order chi connectivity index (χ0) is 12.5. The van der Waals surface area contributed by atoms with Gasteiger partial charge in [0.25, 0.3) is 5.91 Å². The van der Waals surface area contributed by atoms with Crippen molar-refractivity contribution in [1.29, 1.82) is 0 Å². The Bertz CT molecular complexity index is 497. The number of hydrazone groups is 1. The second kappa shape index (κ2) is 3.89. The quantitative estimate of drug-likeness (QED) is 0.672. The van der Waals surface area contributed by atoms with Crippen molar-refractivity contribution in [3.05, 3.63) is 35.9 Å². The Balaban J connectivity index is 2.56. The van der Waals surface area contributed by atoms with Crippen molar-refractivity contribution in [2.45, 2.75) is 12.5 Å². The average molecular weight is 232 g/mol. The third kappa shape index (κ3) is 1.63. The number of hydrogen-bond acceptors (Lipinski definition) is 3. The Morgan fingerprint density at radius 3 is 2.53 bits per heavy atom. The number of urea groups is 1. The summed E-state index contributed by atoms with van der Waals surface area (Å²) in [6.07, 6.45) is 0. The van der Waals surface area contributed by atoms with E-state index in [0.29, 0.717) is 11.3 Å². The van der Waals surface area contributed by atoms with Gasteiger partial charge in [0.05, 0.1) is 5.71 Å². The number of nitrogens with zero attached hydrogens (tertiary/aromatic N) is 1. The molecule has 0 radical (unpaired) electrons. The number of hydrogen-bond donors (Lipinski definition) is 3. The van der Waals surface area contributed by atoms with Gasteiger partial charge in [0.15, 0.2) is 5.54 Å². The van der Waals surface area contributed by atoms with Crippen LogP contribution in [0.3, 0.4) is 0 Å². The summed E-state index contributed by atoms with van der Waals surface area (Å²) in [6, 6.07) is 8.07. The second-order valence-corrected chi connectivity index (χ2v) is 3.74. The maximum atomic E-state index is 11.9. The molecule has 0 saturated carbocycles. The molecule has 0 fully saturated rings. The van der Waals surface area contributed by atoms with Gasteiger partial charge in [0.1, 0.15) is 0 Å². The molecule has 0 aromatic heterocycles. The average Bonchev–Trinajstić information content (AvgIpc) is 2.59. The van der Waals surface area contributed by atoms with E-state index >= 15 is 0 Å². The molecule has 3 amide bonds. The maximum absolute atomic E-state index is 11.9. The normalized spacial score (nSPS) is 22.9. The molecule has 1 heterocycles. The molecule has 0 saturated heterocycles. The molecule has 17 heavy (non-hydrogen) atoms. The summed E-state index contributed by atoms with van der Waals surface area (Å²) in [6.45, 7) is 1.65. The Labute approximate surface area is 97.9 Å². The molecule has 0 aliphatic carbocycles. The van der Waals surface area contributed by atoms with E-state index in [0.717, 1.165) is 0 Å². The van der Waals surface area contributed by atoms with Gasteiger partial charge in [0, 0.05) is 0 Å². The SMILES string of the molecule is CC1=NNC(=O)C1(NC(N)=O)c1ccccc1. The van der Waals surface area contributed by atoms with Crippen LogP contribution in [0.2, 0.25) is 0 Å². The standard InChI is InChI=1S/C11H12N4O2/c1-7-11(13-10(12)17,9(16)15-14-7)8-5-3-2-4-6-8/h2-6H,1H3,(H,15,16)(H3,12,13,17). The maximum Gasteiger partial charge on any atom is 0.313 e. The number of amides is 3. The summed E-state index contributed by atoms with van der Waals surface area (Å²) < 4.78 is 0. The summed E-state index contributed by atoms with van der Waals surface area (Å²) in [5, 5.41) is 6.31. The summed E-state index contributed by atoms with van der Waals surface area (Å²) in [5.74, 6) is -0.417. The number of rotatable bonds is 2. The van der Waals surface area contributed by atoms with Crippen molar-refractivity contribution < 1.29 is 9.59 Å². The fourth-order valence-electron chi connectivity index (χ4n) is 1.90. The van der Waals surface area contributed by atoms with Gasteiger partial charge in [-0.3, -0.25) is 4.79 Å². The summed E-state index contributed by atoms with van der Waals surface area (Å²) in [7, 11) is 0. The van der Waals surface area contributed by atoms with Gasteiger partial charge >= 0.3 is 6.03 Å². The molecule has 1 unspecified atom stereocenters. The van der Waals surface area contributed by atoms with Gasteiger partial charge in [0.2, 0.25) is 0 Å². The van der Waals surface area contributed by atoms with E-state index in [1.54, 1.807) is 31.2 Å². The van der Waals surface area contributed by atoms with Crippen molar-refractivity contribution in [2.24, 2.45) is 10.8 Å². The molecule has 1 aliphatic rings. The zero-order valence-electron chi connectivity index (χ0n) is 9.23. The molecule has 4 N–H and O–H groups in total. The van der Waals surface area contributed by atoms with Crippen LogP contribution in [0.4, 0.5) is 4.79 Å².